The molecule has 0 unspecified atom stereocenters. The molecule has 3 rings (SSSR count). The predicted molar refractivity (Wildman–Crippen MR) is 104 cm³/mol. The number of nitrogens with zero attached hydrogens (tertiary/aromatic N) is 2. The van der Waals surface area contributed by atoms with Crippen molar-refractivity contribution in [3.05, 3.63) is 45.1 Å². The van der Waals surface area contributed by atoms with E-state index in [2.05, 4.69) is 30.9 Å². The average Bonchev–Trinajstić information content (AvgIpc) is 3.00. The number of carbonyl (C=O) groups excluding carboxylic acids is 1. The Balaban J connectivity index is 1.79. The van der Waals surface area contributed by atoms with Gasteiger partial charge in [-0.05, 0) is 44.0 Å². The van der Waals surface area contributed by atoms with Crippen molar-refractivity contribution >= 4 is 33.0 Å². The van der Waals surface area contributed by atoms with Gasteiger partial charge < -0.3 is 10.6 Å². The van der Waals surface area contributed by atoms with Crippen molar-refractivity contribution in [3.8, 4) is 0 Å². The van der Waals surface area contributed by atoms with Crippen molar-refractivity contribution in [3.63, 3.8) is 0 Å². The van der Waals surface area contributed by atoms with Crippen LogP contribution in [0, 0.1) is 20.8 Å². The Morgan fingerprint density at radius 3 is 2.35 bits per heavy atom. The number of piperazine rings is 1. The third-order valence-corrected chi connectivity index (χ3v) is 8.11. The van der Waals surface area contributed by atoms with Crippen LogP contribution in [0.25, 0.3) is 0 Å². The molecule has 1 aromatic heterocycles. The lowest BCUT2D eigenvalue weighted by molar-refractivity contribution is 0.100. The van der Waals surface area contributed by atoms with Gasteiger partial charge in [-0.25, -0.2) is 8.42 Å². The molecule has 0 atom stereocenters. The van der Waals surface area contributed by atoms with Crippen LogP contribution < -0.4 is 10.6 Å². The maximum atomic E-state index is 13.0. The lowest BCUT2D eigenvalue weighted by Crippen LogP contribution is -2.48. The van der Waals surface area contributed by atoms with Crippen molar-refractivity contribution in [1.82, 2.24) is 4.31 Å². The first-order valence-electron chi connectivity index (χ1n) is 8.43. The third-order valence-electron chi connectivity index (χ3n) is 4.89. The first-order chi connectivity index (χ1) is 12.2. The molecule has 6 nitrogen and oxygen atoms in total. The Hall–Kier alpha value is -1.90. The third kappa shape index (κ3) is 3.36. The van der Waals surface area contributed by atoms with Crippen LogP contribution in [-0.4, -0.2) is 44.8 Å². The molecule has 1 amide bonds. The van der Waals surface area contributed by atoms with Crippen LogP contribution in [0.5, 0.6) is 0 Å². The highest BCUT2D eigenvalue weighted by atomic mass is 32.2. The number of primary amides is 1. The highest BCUT2D eigenvalue weighted by Gasteiger charge is 2.31. The lowest BCUT2D eigenvalue weighted by Gasteiger charge is -2.36. The zero-order valence-electron chi connectivity index (χ0n) is 15.2. The number of amides is 1. The van der Waals surface area contributed by atoms with E-state index < -0.39 is 15.9 Å². The number of carbonyl (C=O) groups is 1. The minimum atomic E-state index is -3.62. The second-order valence-corrected chi connectivity index (χ2v) is 9.67. The molecule has 2 heterocycles. The molecule has 0 aliphatic carbocycles. The summed E-state index contributed by atoms with van der Waals surface area (Å²) in [5, 5.41) is 0. The molecule has 1 aliphatic heterocycles. The average molecular weight is 394 g/mol. The van der Waals surface area contributed by atoms with E-state index in [0.717, 1.165) is 17.0 Å². The highest BCUT2D eigenvalue weighted by Crippen LogP contribution is 2.30. The number of thiophene rings is 1. The molecule has 0 spiro atoms. The van der Waals surface area contributed by atoms with E-state index in [4.69, 9.17) is 5.73 Å². The van der Waals surface area contributed by atoms with Crippen LogP contribution in [0.1, 0.15) is 25.7 Å². The summed E-state index contributed by atoms with van der Waals surface area (Å²) in [5.74, 6) is -0.598. The summed E-state index contributed by atoms with van der Waals surface area (Å²) in [6.45, 7) is 7.97. The fourth-order valence-electron chi connectivity index (χ4n) is 3.23. The van der Waals surface area contributed by atoms with E-state index in [1.165, 1.54) is 21.5 Å². The van der Waals surface area contributed by atoms with Gasteiger partial charge in [-0.15, -0.1) is 11.3 Å². The SMILES string of the molecule is Cc1cccc(N2CCN(S(=O)(=O)c3cc(C(N)=O)sc3C)CC2)c1C. The van der Waals surface area contributed by atoms with Gasteiger partial charge >= 0.3 is 0 Å². The zero-order valence-corrected chi connectivity index (χ0v) is 16.8. The quantitative estimate of drug-likeness (QED) is 0.864. The van der Waals surface area contributed by atoms with Crippen molar-refractivity contribution in [2.75, 3.05) is 31.1 Å². The lowest BCUT2D eigenvalue weighted by atomic mass is 10.1. The Kier molecular flexibility index (Phi) is 5.09. The summed E-state index contributed by atoms with van der Waals surface area (Å²) in [5.41, 5.74) is 8.89. The molecule has 1 saturated heterocycles. The number of aryl methyl sites for hydroxylation is 2. The number of hydrogen-bond donors (Lipinski definition) is 1. The van der Waals surface area contributed by atoms with Gasteiger partial charge in [0.2, 0.25) is 10.0 Å². The normalized spacial score (nSPS) is 16.0. The number of sulfonamides is 1. The minimum Gasteiger partial charge on any atom is -0.369 e. The number of hydrogen-bond acceptors (Lipinski definition) is 5. The molecule has 0 bridgehead atoms. The van der Waals surface area contributed by atoms with Crippen molar-refractivity contribution in [2.24, 2.45) is 5.73 Å². The second-order valence-electron chi connectivity index (χ2n) is 6.51. The fourth-order valence-corrected chi connectivity index (χ4v) is 6.06. The van der Waals surface area contributed by atoms with Crippen LogP contribution in [0.3, 0.4) is 0 Å². The number of nitrogens with two attached hydrogens (primary N) is 1. The molecule has 0 saturated carbocycles. The molecule has 2 N–H and O–H groups in total. The maximum absolute atomic E-state index is 13.0. The zero-order chi connectivity index (χ0) is 19.1. The summed E-state index contributed by atoms with van der Waals surface area (Å²) in [4.78, 5) is 14.6. The van der Waals surface area contributed by atoms with Gasteiger partial charge in [0, 0.05) is 36.7 Å². The maximum Gasteiger partial charge on any atom is 0.258 e. The highest BCUT2D eigenvalue weighted by molar-refractivity contribution is 7.89. The van der Waals surface area contributed by atoms with E-state index in [1.54, 1.807) is 6.92 Å². The van der Waals surface area contributed by atoms with Crippen LogP contribution in [-0.2, 0) is 10.0 Å². The van der Waals surface area contributed by atoms with Crippen LogP contribution in [0.2, 0.25) is 0 Å². The predicted octanol–water partition coefficient (Wildman–Crippen LogP) is 2.28. The molecule has 0 radical (unpaired) electrons. The van der Waals surface area contributed by atoms with E-state index >= 15 is 0 Å². The van der Waals surface area contributed by atoms with Gasteiger partial charge in [-0.2, -0.15) is 4.31 Å². The van der Waals surface area contributed by atoms with Gasteiger partial charge in [-0.3, -0.25) is 4.79 Å². The largest absolute Gasteiger partial charge is 0.369 e. The molecule has 1 aliphatic rings. The van der Waals surface area contributed by atoms with Crippen molar-refractivity contribution in [2.45, 2.75) is 25.7 Å². The molecule has 2 aromatic rings. The van der Waals surface area contributed by atoms with Crippen LogP contribution in [0.15, 0.2) is 29.2 Å². The Bertz CT molecular complexity index is 943. The van der Waals surface area contributed by atoms with Gasteiger partial charge in [0.1, 0.15) is 0 Å². The summed E-state index contributed by atoms with van der Waals surface area (Å²) in [6, 6.07) is 7.58. The molecular weight excluding hydrogens is 370 g/mol. The van der Waals surface area contributed by atoms with E-state index in [9.17, 15) is 13.2 Å². The molecule has 8 heteroatoms. The Morgan fingerprint density at radius 2 is 1.77 bits per heavy atom. The first kappa shape index (κ1) is 18.9. The van der Waals surface area contributed by atoms with E-state index in [1.807, 2.05) is 6.07 Å². The topological polar surface area (TPSA) is 83.7 Å². The molecule has 1 aromatic carbocycles. The van der Waals surface area contributed by atoms with Crippen molar-refractivity contribution in [1.29, 1.82) is 0 Å². The summed E-state index contributed by atoms with van der Waals surface area (Å²) < 4.78 is 27.4. The molecule has 26 heavy (non-hydrogen) atoms. The summed E-state index contributed by atoms with van der Waals surface area (Å²) in [7, 11) is -3.62. The smallest absolute Gasteiger partial charge is 0.258 e. The molecule has 140 valence electrons. The van der Waals surface area contributed by atoms with Crippen LogP contribution >= 0.6 is 11.3 Å². The number of benzene rings is 1. The van der Waals surface area contributed by atoms with Gasteiger partial charge in [0.25, 0.3) is 5.91 Å². The summed E-state index contributed by atoms with van der Waals surface area (Å²) in [6.07, 6.45) is 0. The first-order valence-corrected chi connectivity index (χ1v) is 10.7. The number of rotatable bonds is 4. The second kappa shape index (κ2) is 7.02. The van der Waals surface area contributed by atoms with E-state index in [-0.39, 0.29) is 9.77 Å². The van der Waals surface area contributed by atoms with Gasteiger partial charge in [0.15, 0.2) is 0 Å². The van der Waals surface area contributed by atoms with Crippen LogP contribution in [0.4, 0.5) is 5.69 Å². The molecule has 1 fully saturated rings. The van der Waals surface area contributed by atoms with Gasteiger partial charge in [0.05, 0.1) is 9.77 Å². The monoisotopic (exact) mass is 393 g/mol. The Morgan fingerprint density at radius 1 is 1.12 bits per heavy atom. The van der Waals surface area contributed by atoms with E-state index in [0.29, 0.717) is 31.1 Å². The molecular formula is C18H23N3O3S2. The summed E-state index contributed by atoms with van der Waals surface area (Å²) >= 11 is 1.12. The van der Waals surface area contributed by atoms with Gasteiger partial charge in [-0.1, -0.05) is 12.1 Å². The fraction of sp³-hybridized carbons (Fsp3) is 0.389. The standard InChI is InChI=1S/C18H23N3O3S2/c1-12-5-4-6-15(13(12)2)20-7-9-21(10-8-20)26(23,24)17-11-16(18(19)22)25-14(17)3/h4-6,11H,7-10H2,1-3H3,(H2,19,22). The van der Waals surface area contributed by atoms with Crippen molar-refractivity contribution < 1.29 is 13.2 Å². The minimum absolute atomic E-state index is 0.191. The Labute approximate surface area is 158 Å². The number of anilines is 1.